The number of hydrogen-bond acceptors (Lipinski definition) is 4. The van der Waals surface area contributed by atoms with Crippen LogP contribution in [0.15, 0.2) is 24.3 Å². The number of benzene rings is 1. The molecule has 1 unspecified atom stereocenters. The highest BCUT2D eigenvalue weighted by molar-refractivity contribution is 5.84. The number of esters is 1. The maximum absolute atomic E-state index is 13.8. The van der Waals surface area contributed by atoms with Crippen LogP contribution in [0.2, 0.25) is 0 Å². The fourth-order valence-electron chi connectivity index (χ4n) is 2.42. The lowest BCUT2D eigenvalue weighted by Gasteiger charge is -2.32. The molecule has 1 aliphatic heterocycles. The molecule has 1 aromatic carbocycles. The summed E-state index contributed by atoms with van der Waals surface area (Å²) in [5, 5.41) is 3.06. The second kappa shape index (κ2) is 6.70. The van der Waals surface area contributed by atoms with Gasteiger partial charge in [-0.15, -0.1) is 0 Å². The van der Waals surface area contributed by atoms with Crippen molar-refractivity contribution in [3.63, 3.8) is 0 Å². The third kappa shape index (κ3) is 3.28. The first kappa shape index (κ1) is 14.8. The van der Waals surface area contributed by atoms with Gasteiger partial charge in [-0.2, -0.15) is 0 Å². The Hall–Kier alpha value is -1.62. The van der Waals surface area contributed by atoms with E-state index in [-0.39, 0.29) is 11.8 Å². The summed E-state index contributed by atoms with van der Waals surface area (Å²) >= 11 is 0. The molecule has 2 rings (SSSR count). The maximum Gasteiger partial charge on any atom is 0.331 e. The normalized spacial score (nSPS) is 22.9. The molecule has 1 heterocycles. The third-order valence-electron chi connectivity index (χ3n) is 3.48. The summed E-state index contributed by atoms with van der Waals surface area (Å²) in [7, 11) is 0. The molecule has 1 saturated heterocycles. The fraction of sp³-hybridized carbons (Fsp3) is 0.533. The van der Waals surface area contributed by atoms with Crippen molar-refractivity contribution in [3.05, 3.63) is 30.1 Å². The zero-order valence-electron chi connectivity index (χ0n) is 11.7. The van der Waals surface area contributed by atoms with Gasteiger partial charge >= 0.3 is 5.97 Å². The lowest BCUT2D eigenvalue weighted by Crippen LogP contribution is -2.48. The average Bonchev–Trinajstić information content (AvgIpc) is 2.68. The molecule has 0 radical (unpaired) electrons. The van der Waals surface area contributed by atoms with E-state index < -0.39 is 5.54 Å². The van der Waals surface area contributed by atoms with Crippen molar-refractivity contribution in [2.45, 2.75) is 31.7 Å². The predicted octanol–water partition coefficient (Wildman–Crippen LogP) is 2.74. The van der Waals surface area contributed by atoms with Gasteiger partial charge in [0.15, 0.2) is 0 Å². The van der Waals surface area contributed by atoms with Crippen LogP contribution < -0.4 is 5.32 Å². The Morgan fingerprint density at radius 3 is 2.95 bits per heavy atom. The molecule has 0 aromatic heterocycles. The number of nitrogens with one attached hydrogen (secondary N) is 1. The summed E-state index contributed by atoms with van der Waals surface area (Å²) in [5.41, 5.74) is -0.586. The lowest BCUT2D eigenvalue weighted by atomic mass is 9.90. The van der Waals surface area contributed by atoms with Crippen LogP contribution in [0.4, 0.5) is 10.1 Å². The quantitative estimate of drug-likeness (QED) is 0.862. The van der Waals surface area contributed by atoms with Crippen LogP contribution in [-0.4, -0.2) is 31.3 Å². The number of carbonyl (C=O) groups is 1. The molecule has 20 heavy (non-hydrogen) atoms. The number of rotatable bonds is 4. The van der Waals surface area contributed by atoms with Gasteiger partial charge in [-0.05, 0) is 31.9 Å². The molecular formula is C15H20FNO3. The fourth-order valence-corrected chi connectivity index (χ4v) is 2.42. The number of hydrogen-bond donors (Lipinski definition) is 1. The molecule has 1 aliphatic rings. The van der Waals surface area contributed by atoms with Crippen molar-refractivity contribution in [1.82, 2.24) is 0 Å². The van der Waals surface area contributed by atoms with E-state index in [1.165, 1.54) is 6.07 Å². The van der Waals surface area contributed by atoms with Crippen molar-refractivity contribution < 1.29 is 18.7 Å². The van der Waals surface area contributed by atoms with Gasteiger partial charge in [0.05, 0.1) is 12.3 Å². The molecule has 0 saturated carbocycles. The smallest absolute Gasteiger partial charge is 0.331 e. The summed E-state index contributed by atoms with van der Waals surface area (Å²) in [4.78, 5) is 12.3. The summed E-state index contributed by atoms with van der Waals surface area (Å²) in [6.07, 6.45) is 1.78. The Morgan fingerprint density at radius 1 is 1.40 bits per heavy atom. The van der Waals surface area contributed by atoms with Gasteiger partial charge in [0.25, 0.3) is 0 Å². The molecule has 0 spiro atoms. The van der Waals surface area contributed by atoms with Gasteiger partial charge in [0.2, 0.25) is 0 Å². The molecule has 1 atom stereocenters. The Bertz CT molecular complexity index is 456. The molecule has 4 nitrogen and oxygen atoms in total. The van der Waals surface area contributed by atoms with Gasteiger partial charge < -0.3 is 14.8 Å². The molecule has 1 N–H and O–H groups in total. The van der Waals surface area contributed by atoms with Crippen LogP contribution in [-0.2, 0) is 14.3 Å². The van der Waals surface area contributed by atoms with Gasteiger partial charge in [-0.3, -0.25) is 0 Å². The van der Waals surface area contributed by atoms with Crippen molar-refractivity contribution in [3.8, 4) is 0 Å². The zero-order chi connectivity index (χ0) is 14.4. The van der Waals surface area contributed by atoms with E-state index in [2.05, 4.69) is 5.32 Å². The van der Waals surface area contributed by atoms with Crippen LogP contribution >= 0.6 is 0 Å². The maximum atomic E-state index is 13.8. The van der Waals surface area contributed by atoms with E-state index in [0.29, 0.717) is 38.3 Å². The first-order valence-corrected chi connectivity index (χ1v) is 6.95. The number of ether oxygens (including phenoxy) is 2. The number of halogens is 1. The molecule has 1 fully saturated rings. The van der Waals surface area contributed by atoms with E-state index in [0.717, 1.165) is 6.42 Å². The van der Waals surface area contributed by atoms with E-state index >= 15 is 0 Å². The Labute approximate surface area is 118 Å². The van der Waals surface area contributed by atoms with E-state index in [1.807, 2.05) is 0 Å². The van der Waals surface area contributed by atoms with E-state index in [4.69, 9.17) is 9.47 Å². The minimum absolute atomic E-state index is 0.306. The van der Waals surface area contributed by atoms with Crippen LogP contribution in [0.1, 0.15) is 26.2 Å². The molecule has 0 aliphatic carbocycles. The number of para-hydroxylation sites is 1. The van der Waals surface area contributed by atoms with Crippen LogP contribution in [0, 0.1) is 5.82 Å². The third-order valence-corrected chi connectivity index (χ3v) is 3.48. The van der Waals surface area contributed by atoms with Gasteiger partial charge in [-0.25, -0.2) is 9.18 Å². The standard InChI is InChI=1S/C15H20FNO3/c1-2-20-14(18)15(8-5-10-19-11-9-15)17-13-7-4-3-6-12(13)16/h3-4,6-7,17H,2,5,8-11H2,1H3. The SMILES string of the molecule is CCOC(=O)C1(Nc2ccccc2F)CCCOCC1. The highest BCUT2D eigenvalue weighted by atomic mass is 19.1. The second-order valence-corrected chi connectivity index (χ2v) is 4.87. The largest absolute Gasteiger partial charge is 0.464 e. The first-order chi connectivity index (χ1) is 9.68. The summed E-state index contributed by atoms with van der Waals surface area (Å²) in [5.74, 6) is -0.713. The van der Waals surface area contributed by atoms with Crippen molar-refractivity contribution >= 4 is 11.7 Å². The van der Waals surface area contributed by atoms with Crippen molar-refractivity contribution in [2.24, 2.45) is 0 Å². The van der Waals surface area contributed by atoms with Crippen molar-refractivity contribution in [1.29, 1.82) is 0 Å². The Balaban J connectivity index is 2.26. The molecular weight excluding hydrogens is 261 g/mol. The van der Waals surface area contributed by atoms with E-state index in [1.54, 1.807) is 25.1 Å². The summed E-state index contributed by atoms with van der Waals surface area (Å²) < 4.78 is 24.4. The zero-order valence-corrected chi connectivity index (χ0v) is 11.7. The molecule has 0 bridgehead atoms. The topological polar surface area (TPSA) is 47.6 Å². The van der Waals surface area contributed by atoms with E-state index in [9.17, 15) is 9.18 Å². The van der Waals surface area contributed by atoms with Crippen molar-refractivity contribution in [2.75, 3.05) is 25.1 Å². The molecule has 110 valence electrons. The first-order valence-electron chi connectivity index (χ1n) is 6.95. The highest BCUT2D eigenvalue weighted by Crippen LogP contribution is 2.29. The van der Waals surface area contributed by atoms with Gasteiger partial charge in [0, 0.05) is 19.6 Å². The van der Waals surface area contributed by atoms with Crippen LogP contribution in [0.25, 0.3) is 0 Å². The lowest BCUT2D eigenvalue weighted by molar-refractivity contribution is -0.149. The molecule has 5 heteroatoms. The van der Waals surface area contributed by atoms with Gasteiger partial charge in [-0.1, -0.05) is 12.1 Å². The minimum atomic E-state index is -0.908. The van der Waals surface area contributed by atoms with Gasteiger partial charge in [0.1, 0.15) is 11.4 Å². The van der Waals surface area contributed by atoms with Crippen LogP contribution in [0.3, 0.4) is 0 Å². The Morgan fingerprint density at radius 2 is 2.20 bits per heavy atom. The Kier molecular flexibility index (Phi) is 4.95. The second-order valence-electron chi connectivity index (χ2n) is 4.87. The molecule has 1 aromatic rings. The summed E-state index contributed by atoms with van der Waals surface area (Å²) in [6, 6.07) is 6.35. The number of carbonyl (C=O) groups excluding carboxylic acids is 1. The highest BCUT2D eigenvalue weighted by Gasteiger charge is 2.40. The van der Waals surface area contributed by atoms with Crippen LogP contribution in [0.5, 0.6) is 0 Å². The molecule has 0 amide bonds. The average molecular weight is 281 g/mol. The minimum Gasteiger partial charge on any atom is -0.464 e. The monoisotopic (exact) mass is 281 g/mol. The predicted molar refractivity (Wildman–Crippen MR) is 74.1 cm³/mol. The number of anilines is 1. The summed E-state index contributed by atoms with van der Waals surface area (Å²) in [6.45, 7) is 3.14.